The maximum absolute atomic E-state index is 12.2. The Morgan fingerprint density at radius 1 is 1.25 bits per heavy atom. The van der Waals surface area contributed by atoms with Gasteiger partial charge in [-0.3, -0.25) is 4.79 Å². The molecule has 0 aliphatic heterocycles. The number of amides is 1. The van der Waals surface area contributed by atoms with Gasteiger partial charge in [0.25, 0.3) is 5.91 Å². The van der Waals surface area contributed by atoms with Gasteiger partial charge in [-0.15, -0.1) is 0 Å². The van der Waals surface area contributed by atoms with Crippen molar-refractivity contribution in [3.8, 4) is 0 Å². The van der Waals surface area contributed by atoms with E-state index in [2.05, 4.69) is 31.5 Å². The third-order valence-corrected chi connectivity index (χ3v) is 3.51. The van der Waals surface area contributed by atoms with Crippen LogP contribution in [0.2, 0.25) is 10.2 Å². The van der Waals surface area contributed by atoms with Gasteiger partial charge in [-0.25, -0.2) is 4.98 Å². The first-order valence-corrected chi connectivity index (χ1v) is 7.16. The average molecular weight is 375 g/mol. The summed E-state index contributed by atoms with van der Waals surface area (Å²) in [7, 11) is 1.70. The van der Waals surface area contributed by atoms with E-state index in [9.17, 15) is 4.79 Å². The van der Waals surface area contributed by atoms with E-state index in [1.165, 1.54) is 6.07 Å². The lowest BCUT2D eigenvalue weighted by atomic mass is 10.2. The molecule has 0 saturated carbocycles. The summed E-state index contributed by atoms with van der Waals surface area (Å²) in [5.41, 5.74) is 0.912. The zero-order valence-corrected chi connectivity index (χ0v) is 13.5. The van der Waals surface area contributed by atoms with E-state index in [0.29, 0.717) is 22.1 Å². The molecule has 0 bridgehead atoms. The van der Waals surface area contributed by atoms with Crippen LogP contribution in [0.5, 0.6) is 0 Å². The summed E-state index contributed by atoms with van der Waals surface area (Å²) in [6, 6.07) is 8.30. The molecule has 104 valence electrons. The lowest BCUT2D eigenvalue weighted by Gasteiger charge is -2.09. The molecule has 20 heavy (non-hydrogen) atoms. The fraction of sp³-hybridized carbons (Fsp3) is 0.0769. The molecular weight excluding hydrogens is 365 g/mol. The maximum Gasteiger partial charge on any atom is 0.255 e. The van der Waals surface area contributed by atoms with Crippen molar-refractivity contribution in [1.82, 2.24) is 4.98 Å². The minimum Gasteiger partial charge on any atom is -0.373 e. The lowest BCUT2D eigenvalue weighted by molar-refractivity contribution is 0.102. The third-order valence-electron chi connectivity index (χ3n) is 2.49. The topological polar surface area (TPSA) is 54.0 Å². The first-order chi connectivity index (χ1) is 9.49. The molecule has 0 saturated heterocycles. The van der Waals surface area contributed by atoms with Crippen molar-refractivity contribution >= 4 is 56.5 Å². The van der Waals surface area contributed by atoms with E-state index >= 15 is 0 Å². The van der Waals surface area contributed by atoms with Crippen LogP contribution in [0.3, 0.4) is 0 Å². The molecule has 2 N–H and O–H groups in total. The van der Waals surface area contributed by atoms with Crippen molar-refractivity contribution in [3.05, 3.63) is 50.5 Å². The zero-order chi connectivity index (χ0) is 14.7. The van der Waals surface area contributed by atoms with Gasteiger partial charge < -0.3 is 10.6 Å². The Labute approximate surface area is 134 Å². The average Bonchev–Trinajstić information content (AvgIpc) is 2.42. The molecule has 1 amide bonds. The van der Waals surface area contributed by atoms with Gasteiger partial charge >= 0.3 is 0 Å². The predicted molar refractivity (Wildman–Crippen MR) is 85.9 cm³/mol. The number of rotatable bonds is 3. The lowest BCUT2D eigenvalue weighted by Crippen LogP contribution is -2.13. The van der Waals surface area contributed by atoms with Gasteiger partial charge in [0.15, 0.2) is 0 Å². The maximum atomic E-state index is 12.2. The van der Waals surface area contributed by atoms with E-state index in [-0.39, 0.29) is 11.1 Å². The molecule has 7 heteroatoms. The number of halogens is 3. The molecule has 2 rings (SSSR count). The minimum absolute atomic E-state index is 0.238. The van der Waals surface area contributed by atoms with Crippen molar-refractivity contribution < 1.29 is 4.79 Å². The summed E-state index contributed by atoms with van der Waals surface area (Å²) in [5.74, 6) is 0.203. The predicted octanol–water partition coefficient (Wildman–Crippen LogP) is 4.44. The van der Waals surface area contributed by atoms with Gasteiger partial charge in [0, 0.05) is 17.1 Å². The molecule has 0 atom stereocenters. The Bertz CT molecular complexity index is 664. The van der Waals surface area contributed by atoms with Gasteiger partial charge in [0.05, 0.1) is 10.7 Å². The second-order valence-corrected chi connectivity index (χ2v) is 5.60. The van der Waals surface area contributed by atoms with Crippen LogP contribution < -0.4 is 10.6 Å². The molecule has 1 aromatic heterocycles. The van der Waals surface area contributed by atoms with Crippen LogP contribution >= 0.6 is 39.1 Å². The Hall–Kier alpha value is -1.30. The minimum atomic E-state index is -0.314. The first-order valence-electron chi connectivity index (χ1n) is 5.61. The fourth-order valence-electron chi connectivity index (χ4n) is 1.54. The SMILES string of the molecule is CNc1cc(C(=O)Nc2cc(Br)ccc2Cl)cc(Cl)n1. The number of hydrogen-bond donors (Lipinski definition) is 2. The summed E-state index contributed by atoms with van der Waals surface area (Å²) in [5, 5.41) is 6.26. The normalized spacial score (nSPS) is 10.2. The van der Waals surface area contributed by atoms with Crippen LogP contribution in [-0.2, 0) is 0 Å². The fourth-order valence-corrected chi connectivity index (χ4v) is 2.28. The van der Waals surface area contributed by atoms with Crippen molar-refractivity contribution in [3.63, 3.8) is 0 Å². The Balaban J connectivity index is 2.28. The molecule has 1 heterocycles. The molecule has 0 aliphatic rings. The molecule has 0 aliphatic carbocycles. The van der Waals surface area contributed by atoms with Crippen molar-refractivity contribution in [2.45, 2.75) is 0 Å². The summed E-state index contributed by atoms with van der Waals surface area (Å²) >= 11 is 15.2. The highest BCUT2D eigenvalue weighted by molar-refractivity contribution is 9.10. The Morgan fingerprint density at radius 2 is 2.00 bits per heavy atom. The van der Waals surface area contributed by atoms with Crippen molar-refractivity contribution in [2.75, 3.05) is 17.7 Å². The van der Waals surface area contributed by atoms with E-state index in [1.807, 2.05) is 0 Å². The quantitative estimate of drug-likeness (QED) is 0.780. The van der Waals surface area contributed by atoms with E-state index < -0.39 is 0 Å². The number of nitrogens with zero attached hydrogens (tertiary/aromatic N) is 1. The molecule has 0 radical (unpaired) electrons. The van der Waals surface area contributed by atoms with E-state index in [4.69, 9.17) is 23.2 Å². The monoisotopic (exact) mass is 373 g/mol. The number of hydrogen-bond acceptors (Lipinski definition) is 3. The Kier molecular flexibility index (Phi) is 4.86. The van der Waals surface area contributed by atoms with Crippen molar-refractivity contribution in [2.24, 2.45) is 0 Å². The summed E-state index contributed by atoms with van der Waals surface area (Å²) in [4.78, 5) is 16.2. The number of pyridine rings is 1. The highest BCUT2D eigenvalue weighted by Gasteiger charge is 2.11. The molecule has 0 fully saturated rings. The number of nitrogens with one attached hydrogen (secondary N) is 2. The highest BCUT2D eigenvalue weighted by Crippen LogP contribution is 2.26. The molecule has 1 aromatic carbocycles. The summed E-state index contributed by atoms with van der Waals surface area (Å²) in [6.45, 7) is 0. The van der Waals surface area contributed by atoms with E-state index in [1.54, 1.807) is 31.3 Å². The number of benzene rings is 1. The van der Waals surface area contributed by atoms with Crippen molar-refractivity contribution in [1.29, 1.82) is 0 Å². The molecule has 0 unspecified atom stereocenters. The number of aromatic nitrogens is 1. The zero-order valence-electron chi connectivity index (χ0n) is 10.4. The van der Waals surface area contributed by atoms with Crippen LogP contribution in [0.25, 0.3) is 0 Å². The van der Waals surface area contributed by atoms with Gasteiger partial charge in [-0.1, -0.05) is 39.1 Å². The third kappa shape index (κ3) is 3.62. The molecular formula is C13H10BrCl2N3O. The van der Waals surface area contributed by atoms with Gasteiger partial charge in [0.1, 0.15) is 11.0 Å². The molecule has 4 nitrogen and oxygen atoms in total. The van der Waals surface area contributed by atoms with Crippen LogP contribution in [-0.4, -0.2) is 17.9 Å². The summed E-state index contributed by atoms with van der Waals surface area (Å²) in [6.07, 6.45) is 0. The van der Waals surface area contributed by atoms with Crippen LogP contribution in [0.4, 0.5) is 11.5 Å². The Morgan fingerprint density at radius 3 is 2.70 bits per heavy atom. The summed E-state index contributed by atoms with van der Waals surface area (Å²) < 4.78 is 0.820. The molecule has 2 aromatic rings. The van der Waals surface area contributed by atoms with Crippen LogP contribution in [0, 0.1) is 0 Å². The number of carbonyl (C=O) groups excluding carboxylic acids is 1. The second kappa shape index (κ2) is 6.43. The number of carbonyl (C=O) groups is 1. The van der Waals surface area contributed by atoms with E-state index in [0.717, 1.165) is 4.47 Å². The van der Waals surface area contributed by atoms with Gasteiger partial charge in [-0.2, -0.15) is 0 Å². The van der Waals surface area contributed by atoms with Gasteiger partial charge in [0.2, 0.25) is 0 Å². The highest BCUT2D eigenvalue weighted by atomic mass is 79.9. The standard InChI is InChI=1S/C13H10BrCl2N3O/c1-17-12-5-7(4-11(16)19-12)13(20)18-10-6-8(14)2-3-9(10)15/h2-6H,1H3,(H,17,19)(H,18,20). The largest absolute Gasteiger partial charge is 0.373 e. The van der Waals surface area contributed by atoms with Crippen LogP contribution in [0.1, 0.15) is 10.4 Å². The molecule has 0 spiro atoms. The number of anilines is 2. The van der Waals surface area contributed by atoms with Crippen LogP contribution in [0.15, 0.2) is 34.8 Å². The first kappa shape index (κ1) is 15.1. The van der Waals surface area contributed by atoms with Gasteiger partial charge in [-0.05, 0) is 30.3 Å². The second-order valence-electron chi connectivity index (χ2n) is 3.89. The smallest absolute Gasteiger partial charge is 0.255 e.